The number of imidazole rings is 1. The molecule has 0 spiro atoms. The van der Waals surface area contributed by atoms with Gasteiger partial charge in [-0.2, -0.15) is 13.2 Å². The van der Waals surface area contributed by atoms with Crippen molar-refractivity contribution in [2.45, 2.75) is 58.5 Å². The smallest absolute Gasteiger partial charge is 0.402 e. The molecule has 8 heteroatoms. The van der Waals surface area contributed by atoms with Crippen LogP contribution in [0.4, 0.5) is 13.2 Å². The largest absolute Gasteiger partial charge is 0.507 e. The van der Waals surface area contributed by atoms with Crippen molar-refractivity contribution in [3.8, 4) is 45.1 Å². The van der Waals surface area contributed by atoms with Crippen LogP contribution in [0.15, 0.2) is 109 Å². The van der Waals surface area contributed by atoms with Crippen molar-refractivity contribution in [3.63, 3.8) is 0 Å². The minimum absolute atomic E-state index is 0. The molecule has 0 atom stereocenters. The molecule has 0 aliphatic carbocycles. The number of phenols is 1. The van der Waals surface area contributed by atoms with Gasteiger partial charge in [0.1, 0.15) is 11.6 Å². The van der Waals surface area contributed by atoms with Crippen molar-refractivity contribution in [1.29, 1.82) is 0 Å². The summed E-state index contributed by atoms with van der Waals surface area (Å²) in [5.41, 5.74) is 5.70. The summed E-state index contributed by atoms with van der Waals surface area (Å²) in [7, 11) is 0. The fourth-order valence-electron chi connectivity index (χ4n) is 6.39. The van der Waals surface area contributed by atoms with E-state index >= 15 is 0 Å². The quantitative estimate of drug-likeness (QED) is 0.179. The molecular weight excluding hydrogens is 827 g/mol. The second-order valence-electron chi connectivity index (χ2n) is 14.8. The Morgan fingerprint density at radius 2 is 1.27 bits per heavy atom. The van der Waals surface area contributed by atoms with Crippen molar-refractivity contribution in [2.75, 3.05) is 0 Å². The Bertz CT molecular complexity index is 2400. The SMILES string of the molecule is CC(C)(C)c1ccc(-n2c(-c3ccccc3O)nc3c(-c4[c-]c(-c5cc(C(C)(C)C)cc6cccnc56)cc(C(F)(F)F)c4)cccc32)cc1.[Pt]. The number of alkyl halides is 3. The number of fused-ring (bicyclic) bond motifs is 2. The minimum atomic E-state index is -4.62. The maximum Gasteiger partial charge on any atom is 0.402 e. The molecule has 7 aromatic rings. The van der Waals surface area contributed by atoms with Crippen LogP contribution in [0.3, 0.4) is 0 Å². The van der Waals surface area contributed by atoms with Gasteiger partial charge in [-0.15, -0.1) is 29.3 Å². The fourth-order valence-corrected chi connectivity index (χ4v) is 6.39. The molecular formula is C43H37F3N3OPt-. The van der Waals surface area contributed by atoms with Crippen LogP contribution in [0.1, 0.15) is 58.2 Å². The van der Waals surface area contributed by atoms with Gasteiger partial charge in [0.05, 0.1) is 16.6 Å². The topological polar surface area (TPSA) is 50.9 Å². The van der Waals surface area contributed by atoms with Gasteiger partial charge in [0, 0.05) is 38.5 Å². The van der Waals surface area contributed by atoms with Gasteiger partial charge in [-0.3, -0.25) is 9.55 Å². The monoisotopic (exact) mass is 863 g/mol. The second kappa shape index (κ2) is 13.1. The van der Waals surface area contributed by atoms with E-state index in [1.165, 1.54) is 0 Å². The molecule has 7 rings (SSSR count). The van der Waals surface area contributed by atoms with Crippen LogP contribution in [0, 0.1) is 6.07 Å². The van der Waals surface area contributed by atoms with Crippen LogP contribution in [-0.2, 0) is 38.1 Å². The molecule has 0 saturated heterocycles. The summed E-state index contributed by atoms with van der Waals surface area (Å²) in [6, 6.07) is 33.9. The van der Waals surface area contributed by atoms with Crippen molar-refractivity contribution in [1.82, 2.24) is 14.5 Å². The van der Waals surface area contributed by atoms with Crippen LogP contribution < -0.4 is 0 Å². The predicted molar refractivity (Wildman–Crippen MR) is 196 cm³/mol. The summed E-state index contributed by atoms with van der Waals surface area (Å²) in [6.45, 7) is 12.7. The minimum Gasteiger partial charge on any atom is -0.507 e. The molecule has 0 aliphatic rings. The third-order valence-electron chi connectivity index (χ3n) is 9.17. The molecule has 4 nitrogen and oxygen atoms in total. The summed E-state index contributed by atoms with van der Waals surface area (Å²) < 4.78 is 46.0. The van der Waals surface area contributed by atoms with Crippen molar-refractivity contribution in [3.05, 3.63) is 132 Å². The Kier molecular flexibility index (Phi) is 9.26. The van der Waals surface area contributed by atoms with Gasteiger partial charge in [-0.1, -0.05) is 107 Å². The molecule has 1 N–H and O–H groups in total. The van der Waals surface area contributed by atoms with Crippen LogP contribution in [-0.4, -0.2) is 19.6 Å². The van der Waals surface area contributed by atoms with E-state index in [1.807, 2.05) is 59.2 Å². The van der Waals surface area contributed by atoms with Gasteiger partial charge in [0.15, 0.2) is 0 Å². The van der Waals surface area contributed by atoms with Crippen LogP contribution in [0.2, 0.25) is 0 Å². The number of pyridine rings is 1. The zero-order chi connectivity index (χ0) is 35.6. The Labute approximate surface area is 310 Å². The molecule has 0 saturated carbocycles. The summed E-state index contributed by atoms with van der Waals surface area (Å²) in [5.74, 6) is 0.511. The number of aromatic nitrogens is 3. The molecule has 0 fully saturated rings. The molecule has 262 valence electrons. The fraction of sp³-hybridized carbons (Fsp3) is 0.209. The maximum absolute atomic E-state index is 14.7. The Morgan fingerprint density at radius 1 is 0.627 bits per heavy atom. The van der Waals surface area contributed by atoms with E-state index in [1.54, 1.807) is 30.5 Å². The maximum atomic E-state index is 14.7. The zero-order valence-electron chi connectivity index (χ0n) is 29.1. The molecule has 0 unspecified atom stereocenters. The molecule has 5 aromatic carbocycles. The Hall–Kier alpha value is -4.74. The molecule has 0 radical (unpaired) electrons. The first-order valence-corrected chi connectivity index (χ1v) is 16.5. The number of rotatable bonds is 4. The van der Waals surface area contributed by atoms with Gasteiger partial charge >= 0.3 is 6.18 Å². The van der Waals surface area contributed by atoms with E-state index in [9.17, 15) is 18.3 Å². The molecule has 2 aromatic heterocycles. The number of benzene rings is 5. The summed E-state index contributed by atoms with van der Waals surface area (Å²) in [4.78, 5) is 9.64. The van der Waals surface area contributed by atoms with E-state index in [2.05, 4.69) is 64.7 Å². The van der Waals surface area contributed by atoms with Gasteiger partial charge < -0.3 is 5.11 Å². The van der Waals surface area contributed by atoms with Crippen molar-refractivity contribution in [2.24, 2.45) is 0 Å². The first kappa shape index (κ1) is 36.1. The van der Waals surface area contributed by atoms with E-state index in [0.29, 0.717) is 44.6 Å². The van der Waals surface area contributed by atoms with Crippen LogP contribution in [0.5, 0.6) is 5.75 Å². The Balaban J connectivity index is 0.00000448. The molecule has 0 bridgehead atoms. The van der Waals surface area contributed by atoms with Gasteiger partial charge in [-0.05, 0) is 69.3 Å². The molecule has 0 amide bonds. The first-order valence-electron chi connectivity index (χ1n) is 16.5. The molecule has 51 heavy (non-hydrogen) atoms. The number of phenolic OH excluding ortho intramolecular Hbond substituents is 1. The number of aromatic hydroxyl groups is 1. The summed E-state index contributed by atoms with van der Waals surface area (Å²) in [6.07, 6.45) is -2.97. The van der Waals surface area contributed by atoms with E-state index in [4.69, 9.17) is 4.98 Å². The third kappa shape index (κ3) is 6.84. The predicted octanol–water partition coefficient (Wildman–Crippen LogP) is 11.7. The van der Waals surface area contributed by atoms with Crippen LogP contribution >= 0.6 is 0 Å². The average Bonchev–Trinajstić information content (AvgIpc) is 3.46. The van der Waals surface area contributed by atoms with Crippen molar-refractivity contribution >= 4 is 21.9 Å². The van der Waals surface area contributed by atoms with Gasteiger partial charge in [-0.25, -0.2) is 4.98 Å². The number of para-hydroxylation sites is 2. The van der Waals surface area contributed by atoms with E-state index in [-0.39, 0.29) is 43.2 Å². The van der Waals surface area contributed by atoms with Crippen molar-refractivity contribution < 1.29 is 39.3 Å². The number of nitrogens with zero attached hydrogens (tertiary/aromatic N) is 3. The number of halogens is 3. The molecule has 0 aliphatic heterocycles. The van der Waals surface area contributed by atoms with Gasteiger partial charge in [0.2, 0.25) is 0 Å². The summed E-state index contributed by atoms with van der Waals surface area (Å²) >= 11 is 0. The third-order valence-corrected chi connectivity index (χ3v) is 9.17. The summed E-state index contributed by atoms with van der Waals surface area (Å²) in [5, 5.41) is 11.8. The standard InChI is InChI=1S/C43H37F3N3O.Pt/c1-41(2,3)29-16-18-32(19-17-29)49-36-14-9-13-33(39(36)48-40(49)34-12-7-8-15-37(34)50)27-21-28(24-31(23-27)43(44,45)46)35-25-30(42(4,5)6)22-26-11-10-20-47-38(26)35;/h7-20,22-25,50H,1-6H3;/q-1;. The Morgan fingerprint density at radius 3 is 1.92 bits per heavy atom. The normalized spacial score (nSPS) is 12.3. The second-order valence-corrected chi connectivity index (χ2v) is 14.8. The number of hydrogen-bond donors (Lipinski definition) is 1. The average molecular weight is 864 g/mol. The first-order chi connectivity index (χ1) is 23.6. The zero-order valence-corrected chi connectivity index (χ0v) is 31.4. The van der Waals surface area contributed by atoms with Gasteiger partial charge in [0.25, 0.3) is 0 Å². The van der Waals surface area contributed by atoms with Crippen LogP contribution in [0.25, 0.3) is 61.3 Å². The van der Waals surface area contributed by atoms with E-state index < -0.39 is 11.7 Å². The molecule has 2 heterocycles. The number of hydrogen-bond acceptors (Lipinski definition) is 3. The van der Waals surface area contributed by atoms with E-state index in [0.717, 1.165) is 34.3 Å².